The van der Waals surface area contributed by atoms with Crippen molar-refractivity contribution >= 4 is 49.8 Å². The molecule has 0 fully saturated rings. The number of rotatable bonds is 8. The molecule has 0 unspecified atom stereocenters. The van der Waals surface area contributed by atoms with Gasteiger partial charge in [0.05, 0.1) is 5.69 Å². The summed E-state index contributed by atoms with van der Waals surface area (Å²) in [5.41, 5.74) is 16.5. The fourth-order valence-electron chi connectivity index (χ4n) is 8.82. The van der Waals surface area contributed by atoms with Crippen molar-refractivity contribution in [3.63, 3.8) is 0 Å². The zero-order valence-electron chi connectivity index (χ0n) is 32.9. The molecule has 0 bridgehead atoms. The van der Waals surface area contributed by atoms with E-state index in [9.17, 15) is 0 Å². The quantitative estimate of drug-likeness (QED) is 0.153. The van der Waals surface area contributed by atoms with Gasteiger partial charge >= 0.3 is 0 Å². The van der Waals surface area contributed by atoms with Crippen LogP contribution in [0.5, 0.6) is 0 Å². The van der Waals surface area contributed by atoms with Crippen LogP contribution in [0.1, 0.15) is 0 Å². The predicted octanol–water partition coefficient (Wildman–Crippen LogP) is 16.5. The summed E-state index contributed by atoms with van der Waals surface area (Å²) >= 11 is 0. The van der Waals surface area contributed by atoms with Crippen molar-refractivity contribution in [2.24, 2.45) is 0 Å². The van der Waals surface area contributed by atoms with Crippen molar-refractivity contribution in [2.75, 3.05) is 4.90 Å². The highest BCUT2D eigenvalue weighted by Crippen LogP contribution is 2.48. The van der Waals surface area contributed by atoms with Gasteiger partial charge in [-0.15, -0.1) is 0 Å². The first kappa shape index (κ1) is 35.2. The van der Waals surface area contributed by atoms with E-state index in [1.807, 2.05) is 12.1 Å². The molecule has 10 aromatic carbocycles. The van der Waals surface area contributed by atoms with E-state index in [1.165, 1.54) is 27.5 Å². The molecule has 1 heterocycles. The molecule has 1 aromatic heterocycles. The lowest BCUT2D eigenvalue weighted by molar-refractivity contribution is 0.669. The van der Waals surface area contributed by atoms with Gasteiger partial charge in [0, 0.05) is 27.7 Å². The molecule has 282 valence electrons. The summed E-state index contributed by atoms with van der Waals surface area (Å²) in [6.07, 6.45) is 0. The van der Waals surface area contributed by atoms with Gasteiger partial charge in [-0.1, -0.05) is 182 Å². The molecule has 0 radical (unpaired) electrons. The highest BCUT2D eigenvalue weighted by molar-refractivity contribution is 6.07. The molecular weight excluding hydrogens is 727 g/mol. The van der Waals surface area contributed by atoms with Gasteiger partial charge in [-0.3, -0.25) is 0 Å². The lowest BCUT2D eigenvalue weighted by Crippen LogP contribution is -2.12. The number of hydrogen-bond donors (Lipinski definition) is 0. The Hall–Kier alpha value is -7.94. The van der Waals surface area contributed by atoms with Crippen LogP contribution in [-0.4, -0.2) is 0 Å². The fraction of sp³-hybridized carbons (Fsp3) is 0. The molecule has 2 heteroatoms. The summed E-state index contributed by atoms with van der Waals surface area (Å²) in [6.45, 7) is 0. The molecule has 0 N–H and O–H groups in total. The Bertz CT molecular complexity index is 3320. The van der Waals surface area contributed by atoms with E-state index in [4.69, 9.17) is 4.42 Å². The Kier molecular flexibility index (Phi) is 8.87. The number of benzene rings is 10. The number of fused-ring (bicyclic) bond motifs is 4. The summed E-state index contributed by atoms with van der Waals surface area (Å²) in [4.78, 5) is 2.43. The van der Waals surface area contributed by atoms with Gasteiger partial charge in [-0.25, -0.2) is 0 Å². The number of nitrogens with zero attached hydrogens (tertiary/aromatic N) is 1. The van der Waals surface area contributed by atoms with Crippen LogP contribution < -0.4 is 4.90 Å². The SMILES string of the molecule is c1ccc(-c2cccc(-c3cccc(N(c4cccc(-c5cccc6ccccc56)c4)c4cccc(-c5ccccc5)c4-c4ccc5c(c4)oc4ccccc45)c3)c2)cc1. The predicted molar refractivity (Wildman–Crippen MR) is 253 cm³/mol. The molecule has 60 heavy (non-hydrogen) atoms. The van der Waals surface area contributed by atoms with Gasteiger partial charge < -0.3 is 9.32 Å². The lowest BCUT2D eigenvalue weighted by atomic mass is 9.91. The Balaban J connectivity index is 1.15. The van der Waals surface area contributed by atoms with Crippen LogP contribution >= 0.6 is 0 Å². The molecule has 2 nitrogen and oxygen atoms in total. The van der Waals surface area contributed by atoms with Crippen molar-refractivity contribution in [1.29, 1.82) is 0 Å². The zero-order valence-corrected chi connectivity index (χ0v) is 32.9. The number of hydrogen-bond acceptors (Lipinski definition) is 2. The minimum absolute atomic E-state index is 0.868. The topological polar surface area (TPSA) is 16.4 Å². The van der Waals surface area contributed by atoms with E-state index >= 15 is 0 Å². The Morgan fingerprint density at radius 1 is 0.283 bits per heavy atom. The van der Waals surface area contributed by atoms with Gasteiger partial charge in [0.1, 0.15) is 11.2 Å². The van der Waals surface area contributed by atoms with E-state index < -0.39 is 0 Å². The monoisotopic (exact) mass is 765 g/mol. The second-order valence-corrected chi connectivity index (χ2v) is 15.3. The molecular formula is C58H39NO. The maximum atomic E-state index is 6.52. The van der Waals surface area contributed by atoms with Crippen LogP contribution in [0.4, 0.5) is 17.1 Å². The molecule has 0 amide bonds. The van der Waals surface area contributed by atoms with E-state index in [0.29, 0.717) is 0 Å². The molecule has 0 aliphatic rings. The number of para-hydroxylation sites is 1. The van der Waals surface area contributed by atoms with Gasteiger partial charge in [0.15, 0.2) is 0 Å². The lowest BCUT2D eigenvalue weighted by Gasteiger charge is -2.30. The molecule has 11 aromatic rings. The zero-order chi connectivity index (χ0) is 39.8. The standard InChI is InChI=1S/C58H39NO/c1-3-16-40(17-4-1)43-22-11-23-44(36-43)45-24-12-26-48(37-45)59(49-27-13-25-46(38-49)51-30-14-21-41-20-7-8-28-50(41)51)55-32-15-31-52(42-18-5-2-6-19-42)58(55)47-34-35-54-53-29-9-10-33-56(53)60-57(54)39-47/h1-39H. The summed E-state index contributed by atoms with van der Waals surface area (Å²) in [7, 11) is 0. The van der Waals surface area contributed by atoms with Crippen LogP contribution in [-0.2, 0) is 0 Å². The average Bonchev–Trinajstić information content (AvgIpc) is 3.70. The maximum absolute atomic E-state index is 6.52. The molecule has 0 aliphatic carbocycles. The number of anilines is 3. The van der Waals surface area contributed by atoms with E-state index in [1.54, 1.807) is 0 Å². The molecule has 0 spiro atoms. The number of furan rings is 1. The molecule has 0 saturated carbocycles. The Morgan fingerprint density at radius 2 is 0.817 bits per heavy atom. The van der Waals surface area contributed by atoms with Crippen LogP contribution in [0.15, 0.2) is 241 Å². The van der Waals surface area contributed by atoms with Gasteiger partial charge in [0.25, 0.3) is 0 Å². The maximum Gasteiger partial charge on any atom is 0.136 e. The van der Waals surface area contributed by atoms with E-state index in [-0.39, 0.29) is 0 Å². The van der Waals surface area contributed by atoms with Crippen LogP contribution in [0.2, 0.25) is 0 Å². The highest BCUT2D eigenvalue weighted by atomic mass is 16.3. The second kappa shape index (κ2) is 15.1. The van der Waals surface area contributed by atoms with Crippen LogP contribution in [0.3, 0.4) is 0 Å². The van der Waals surface area contributed by atoms with Crippen molar-refractivity contribution in [2.45, 2.75) is 0 Å². The minimum atomic E-state index is 0.868. The van der Waals surface area contributed by atoms with Crippen molar-refractivity contribution in [3.05, 3.63) is 237 Å². The first-order chi connectivity index (χ1) is 29.7. The largest absolute Gasteiger partial charge is 0.456 e. The molecule has 11 rings (SSSR count). The molecule has 0 atom stereocenters. The third-order valence-corrected chi connectivity index (χ3v) is 11.6. The van der Waals surface area contributed by atoms with Gasteiger partial charge in [-0.05, 0) is 115 Å². The Labute approximate surface area is 349 Å². The molecule has 0 saturated heterocycles. The van der Waals surface area contributed by atoms with Gasteiger partial charge in [-0.2, -0.15) is 0 Å². The van der Waals surface area contributed by atoms with Crippen LogP contribution in [0.25, 0.3) is 88.3 Å². The fourth-order valence-corrected chi connectivity index (χ4v) is 8.82. The first-order valence-electron chi connectivity index (χ1n) is 20.5. The van der Waals surface area contributed by atoms with Crippen molar-refractivity contribution < 1.29 is 4.42 Å². The third kappa shape index (κ3) is 6.41. The average molecular weight is 766 g/mol. The third-order valence-electron chi connectivity index (χ3n) is 11.6. The Morgan fingerprint density at radius 3 is 1.62 bits per heavy atom. The summed E-state index contributed by atoms with van der Waals surface area (Å²) < 4.78 is 6.52. The van der Waals surface area contributed by atoms with Crippen LogP contribution in [0, 0.1) is 0 Å². The first-order valence-corrected chi connectivity index (χ1v) is 20.5. The summed E-state index contributed by atoms with van der Waals surface area (Å²) in [5, 5.41) is 4.69. The smallest absolute Gasteiger partial charge is 0.136 e. The summed E-state index contributed by atoms with van der Waals surface area (Å²) in [6, 6.07) is 85.0. The van der Waals surface area contributed by atoms with Crippen molar-refractivity contribution in [1.82, 2.24) is 0 Å². The van der Waals surface area contributed by atoms with E-state index in [2.05, 4.69) is 229 Å². The van der Waals surface area contributed by atoms with Gasteiger partial charge in [0.2, 0.25) is 0 Å². The second-order valence-electron chi connectivity index (χ2n) is 15.3. The highest BCUT2D eigenvalue weighted by Gasteiger charge is 2.23. The minimum Gasteiger partial charge on any atom is -0.456 e. The van der Waals surface area contributed by atoms with E-state index in [0.717, 1.165) is 77.9 Å². The normalized spacial score (nSPS) is 11.3. The van der Waals surface area contributed by atoms with Crippen molar-refractivity contribution in [3.8, 4) is 55.6 Å². The molecule has 0 aliphatic heterocycles. The summed E-state index contributed by atoms with van der Waals surface area (Å²) in [5.74, 6) is 0.